The summed E-state index contributed by atoms with van der Waals surface area (Å²) in [6.07, 6.45) is 3.20. The summed E-state index contributed by atoms with van der Waals surface area (Å²) in [5, 5.41) is 21.2. The zero-order chi connectivity index (χ0) is 19.0. The van der Waals surface area contributed by atoms with Crippen molar-refractivity contribution in [1.29, 1.82) is 0 Å². The molecule has 2 fully saturated rings. The first-order valence-electron chi connectivity index (χ1n) is 9.14. The Morgan fingerprint density at radius 2 is 1.96 bits per heavy atom. The van der Waals surface area contributed by atoms with Crippen molar-refractivity contribution in [2.24, 2.45) is 5.41 Å². The van der Waals surface area contributed by atoms with Crippen molar-refractivity contribution in [3.63, 3.8) is 0 Å². The van der Waals surface area contributed by atoms with Crippen molar-refractivity contribution in [2.45, 2.75) is 25.9 Å². The molecule has 0 amide bonds. The van der Waals surface area contributed by atoms with E-state index in [-0.39, 0.29) is 12.4 Å². The highest BCUT2D eigenvalue weighted by Crippen LogP contribution is 2.43. The molecule has 0 radical (unpaired) electrons. The molecule has 1 spiro atoms. The molecule has 0 unspecified atom stereocenters. The average molecular weight is 409 g/mol. The molecule has 0 bridgehead atoms. The molecule has 0 atom stereocenters. The fraction of sp³-hybridized carbons (Fsp3) is 0.450. The van der Waals surface area contributed by atoms with Crippen LogP contribution in [0.15, 0.2) is 24.3 Å². The number of hydrogen-bond donors (Lipinski definition) is 2. The Hall–Kier alpha value is -1.53. The normalized spacial score (nSPS) is 19.0. The molecule has 1 aromatic heterocycles. The molecule has 27 heavy (non-hydrogen) atoms. The number of nitrogens with zero attached hydrogens (tertiary/aromatic N) is 2. The number of aromatic nitrogens is 1. The van der Waals surface area contributed by atoms with Crippen LogP contribution in [-0.4, -0.2) is 41.5 Å². The Bertz CT molecular complexity index is 843. The number of benzene rings is 1. The van der Waals surface area contributed by atoms with Crippen LogP contribution in [0, 0.1) is 5.41 Å². The molecule has 5 nitrogen and oxygen atoms in total. The number of aromatic hydroxyl groups is 1. The van der Waals surface area contributed by atoms with E-state index in [0.717, 1.165) is 51.3 Å². The van der Waals surface area contributed by atoms with E-state index in [2.05, 4.69) is 9.88 Å². The minimum Gasteiger partial charge on any atom is -0.506 e. The van der Waals surface area contributed by atoms with Crippen LogP contribution in [0.25, 0.3) is 11.3 Å². The van der Waals surface area contributed by atoms with Crippen LogP contribution in [0.5, 0.6) is 5.75 Å². The van der Waals surface area contributed by atoms with Crippen LogP contribution in [0.3, 0.4) is 0 Å². The largest absolute Gasteiger partial charge is 0.506 e. The van der Waals surface area contributed by atoms with E-state index in [1.807, 2.05) is 0 Å². The van der Waals surface area contributed by atoms with Crippen LogP contribution in [0.1, 0.15) is 25.0 Å². The highest BCUT2D eigenvalue weighted by atomic mass is 35.5. The summed E-state index contributed by atoms with van der Waals surface area (Å²) < 4.78 is 5.59. The maximum Gasteiger partial charge on any atom is 0.144 e. The van der Waals surface area contributed by atoms with Gasteiger partial charge in [0.05, 0.1) is 34.6 Å². The fourth-order valence-electron chi connectivity index (χ4n) is 4.07. The predicted octanol–water partition coefficient (Wildman–Crippen LogP) is 4.26. The number of pyridine rings is 1. The Labute approximate surface area is 168 Å². The predicted molar refractivity (Wildman–Crippen MR) is 107 cm³/mol. The molecule has 144 valence electrons. The summed E-state index contributed by atoms with van der Waals surface area (Å²) in [5.74, 6) is 0.0239. The number of hydrogen-bond acceptors (Lipinski definition) is 5. The molecular formula is C20H22Cl2N2O3. The number of halogens is 2. The van der Waals surface area contributed by atoms with Gasteiger partial charge in [0.1, 0.15) is 11.4 Å². The molecule has 7 heteroatoms. The Morgan fingerprint density at radius 3 is 2.63 bits per heavy atom. The van der Waals surface area contributed by atoms with Crippen LogP contribution in [0.4, 0.5) is 5.69 Å². The van der Waals surface area contributed by atoms with E-state index in [0.29, 0.717) is 32.4 Å². The van der Waals surface area contributed by atoms with Gasteiger partial charge in [-0.3, -0.25) is 0 Å². The van der Waals surface area contributed by atoms with Gasteiger partial charge >= 0.3 is 0 Å². The van der Waals surface area contributed by atoms with E-state index < -0.39 is 0 Å². The molecule has 2 aliphatic heterocycles. The van der Waals surface area contributed by atoms with Crippen molar-refractivity contribution >= 4 is 28.9 Å². The molecular weight excluding hydrogens is 387 g/mol. The minimum absolute atomic E-state index is 0.0239. The summed E-state index contributed by atoms with van der Waals surface area (Å²) >= 11 is 12.4. The number of anilines is 1. The fourth-order valence-corrected chi connectivity index (χ4v) is 4.46. The van der Waals surface area contributed by atoms with Gasteiger partial charge in [0.2, 0.25) is 0 Å². The third-order valence-corrected chi connectivity index (χ3v) is 6.58. The van der Waals surface area contributed by atoms with Crippen molar-refractivity contribution < 1.29 is 14.9 Å². The highest BCUT2D eigenvalue weighted by molar-refractivity contribution is 6.43. The molecule has 0 aliphatic carbocycles. The van der Waals surface area contributed by atoms with Gasteiger partial charge < -0.3 is 19.8 Å². The average Bonchev–Trinajstić information content (AvgIpc) is 3.13. The molecule has 0 saturated carbocycles. The van der Waals surface area contributed by atoms with Gasteiger partial charge in [-0.2, -0.15) is 0 Å². The number of piperidine rings is 1. The lowest BCUT2D eigenvalue weighted by atomic mass is 9.78. The second-order valence-corrected chi connectivity index (χ2v) is 8.16. The summed E-state index contributed by atoms with van der Waals surface area (Å²) in [4.78, 5) is 6.70. The van der Waals surface area contributed by atoms with E-state index in [4.69, 9.17) is 27.9 Å². The summed E-state index contributed by atoms with van der Waals surface area (Å²) in [6.45, 7) is 3.18. The second-order valence-electron chi connectivity index (χ2n) is 7.37. The Morgan fingerprint density at radius 1 is 1.19 bits per heavy atom. The van der Waals surface area contributed by atoms with Crippen LogP contribution < -0.4 is 4.90 Å². The smallest absolute Gasteiger partial charge is 0.144 e. The molecule has 2 aliphatic rings. The summed E-state index contributed by atoms with van der Waals surface area (Å²) in [6, 6.07) is 6.86. The quantitative estimate of drug-likeness (QED) is 0.793. The van der Waals surface area contributed by atoms with Crippen molar-refractivity contribution in [1.82, 2.24) is 4.98 Å². The lowest BCUT2D eigenvalue weighted by molar-refractivity contribution is 0.133. The third-order valence-electron chi connectivity index (χ3n) is 5.76. The number of aliphatic hydroxyl groups is 1. The van der Waals surface area contributed by atoms with Gasteiger partial charge in [-0.1, -0.05) is 35.3 Å². The van der Waals surface area contributed by atoms with Crippen molar-refractivity contribution in [2.75, 3.05) is 31.2 Å². The number of aliphatic hydroxyl groups excluding tert-OH is 1. The second kappa shape index (κ2) is 7.47. The first-order chi connectivity index (χ1) is 13.0. The van der Waals surface area contributed by atoms with Gasteiger partial charge in [-0.05, 0) is 30.7 Å². The number of ether oxygens (including phenoxy) is 1. The summed E-state index contributed by atoms with van der Waals surface area (Å²) in [7, 11) is 0. The van der Waals surface area contributed by atoms with Crippen molar-refractivity contribution in [3.05, 3.63) is 40.0 Å². The maximum absolute atomic E-state index is 10.6. The van der Waals surface area contributed by atoms with Crippen LogP contribution >= 0.6 is 23.2 Å². The topological polar surface area (TPSA) is 65.8 Å². The van der Waals surface area contributed by atoms with E-state index in [1.54, 1.807) is 24.3 Å². The Kier molecular flexibility index (Phi) is 5.21. The summed E-state index contributed by atoms with van der Waals surface area (Å²) in [5.41, 5.74) is 2.46. The zero-order valence-electron chi connectivity index (χ0n) is 14.9. The Balaban J connectivity index is 1.65. The van der Waals surface area contributed by atoms with Gasteiger partial charge in [0.15, 0.2) is 0 Å². The van der Waals surface area contributed by atoms with Crippen LogP contribution in [0.2, 0.25) is 10.0 Å². The van der Waals surface area contributed by atoms with Crippen molar-refractivity contribution in [3.8, 4) is 17.0 Å². The van der Waals surface area contributed by atoms with Crippen LogP contribution in [-0.2, 0) is 11.3 Å². The first kappa shape index (κ1) is 18.8. The molecule has 4 rings (SSSR count). The lowest BCUT2D eigenvalue weighted by Gasteiger charge is -2.40. The van der Waals surface area contributed by atoms with Gasteiger partial charge in [0.25, 0.3) is 0 Å². The third kappa shape index (κ3) is 3.49. The van der Waals surface area contributed by atoms with Gasteiger partial charge in [-0.25, -0.2) is 4.98 Å². The highest BCUT2D eigenvalue weighted by Gasteiger charge is 2.38. The van der Waals surface area contributed by atoms with E-state index in [1.165, 1.54) is 0 Å². The monoisotopic (exact) mass is 408 g/mol. The number of rotatable bonds is 3. The van der Waals surface area contributed by atoms with E-state index in [9.17, 15) is 10.2 Å². The maximum atomic E-state index is 10.6. The molecule has 2 saturated heterocycles. The van der Waals surface area contributed by atoms with Gasteiger partial charge in [0, 0.05) is 31.3 Å². The molecule has 2 aromatic rings. The lowest BCUT2D eigenvalue weighted by Crippen LogP contribution is -2.41. The zero-order valence-corrected chi connectivity index (χ0v) is 16.4. The minimum atomic E-state index is -0.217. The van der Waals surface area contributed by atoms with E-state index >= 15 is 0 Å². The molecule has 1 aromatic carbocycles. The molecule has 3 heterocycles. The standard InChI is InChI=1S/C20H22Cl2N2O3/c21-14-3-1-2-13(18(14)22)19-17(26)10-16(15(11-25)23-19)24-7-4-20(5-8-24)6-9-27-12-20/h1-3,10,25-26H,4-9,11-12H2. The SMILES string of the molecule is OCc1nc(-c2cccc(Cl)c2Cl)c(O)cc1N1CCC2(CCOC2)CC1. The molecule has 2 N–H and O–H groups in total. The first-order valence-corrected chi connectivity index (χ1v) is 9.89. The van der Waals surface area contributed by atoms with Gasteiger partial charge in [-0.15, -0.1) is 0 Å².